The van der Waals surface area contributed by atoms with E-state index in [0.29, 0.717) is 16.8 Å². The number of benzene rings is 2. The molecule has 2 heterocycles. The molecule has 7 heteroatoms. The molecule has 7 nitrogen and oxygen atoms in total. The fourth-order valence-corrected chi connectivity index (χ4v) is 5.10. The van der Waals surface area contributed by atoms with Crippen molar-refractivity contribution in [3.63, 3.8) is 0 Å². The number of carbonyl (C=O) groups is 1. The summed E-state index contributed by atoms with van der Waals surface area (Å²) >= 11 is 0. The van der Waals surface area contributed by atoms with Crippen LogP contribution in [0.4, 0.5) is 11.4 Å². The lowest BCUT2D eigenvalue weighted by Crippen LogP contribution is -2.31. The molecule has 1 N–H and O–H groups in total. The van der Waals surface area contributed by atoms with Crippen LogP contribution in [0.2, 0.25) is 0 Å². The topological polar surface area (TPSA) is 88.4 Å². The molecular weight excluding hydrogens is 428 g/mol. The van der Waals surface area contributed by atoms with E-state index in [1.165, 1.54) is 17.5 Å². The molecule has 0 saturated carbocycles. The van der Waals surface area contributed by atoms with Crippen molar-refractivity contribution in [2.45, 2.75) is 44.6 Å². The van der Waals surface area contributed by atoms with Gasteiger partial charge in [-0.15, -0.1) is 0 Å². The van der Waals surface area contributed by atoms with Crippen LogP contribution < -0.4 is 10.2 Å². The number of hydrogen-bond acceptors (Lipinski definition) is 5. The molecule has 1 aliphatic heterocycles. The number of aryl methyl sites for hydroxylation is 1. The van der Waals surface area contributed by atoms with Gasteiger partial charge in [-0.25, -0.2) is 0 Å². The van der Waals surface area contributed by atoms with Gasteiger partial charge in [0.2, 0.25) is 0 Å². The predicted octanol–water partition coefficient (Wildman–Crippen LogP) is 5.45. The van der Waals surface area contributed by atoms with Crippen LogP contribution in [-0.2, 0) is 6.42 Å². The molecule has 0 bridgehead atoms. The van der Waals surface area contributed by atoms with Crippen molar-refractivity contribution in [1.82, 2.24) is 10.3 Å². The van der Waals surface area contributed by atoms with Gasteiger partial charge < -0.3 is 10.2 Å². The highest BCUT2D eigenvalue weighted by Gasteiger charge is 2.24. The van der Waals surface area contributed by atoms with Crippen molar-refractivity contribution in [3.8, 4) is 11.3 Å². The highest BCUT2D eigenvalue weighted by Crippen LogP contribution is 2.34. The minimum absolute atomic E-state index is 0.00738. The third kappa shape index (κ3) is 4.51. The largest absolute Gasteiger partial charge is 0.372 e. The van der Waals surface area contributed by atoms with Crippen LogP contribution in [0, 0.1) is 10.1 Å². The monoisotopic (exact) mass is 456 g/mol. The van der Waals surface area contributed by atoms with E-state index in [9.17, 15) is 14.9 Å². The molecule has 3 aromatic rings. The van der Waals surface area contributed by atoms with Crippen LogP contribution in [0.25, 0.3) is 11.3 Å². The van der Waals surface area contributed by atoms with Gasteiger partial charge >= 0.3 is 0 Å². The number of nitrogens with one attached hydrogen (secondary N) is 1. The number of carbonyl (C=O) groups excluding carboxylic acids is 1. The maximum Gasteiger partial charge on any atom is 0.278 e. The normalized spacial score (nSPS) is 17.6. The molecular formula is C27H28N4O3. The molecule has 1 aliphatic carbocycles. The van der Waals surface area contributed by atoms with Gasteiger partial charge in [0.1, 0.15) is 0 Å². The zero-order valence-corrected chi connectivity index (χ0v) is 19.1. The number of amides is 1. The van der Waals surface area contributed by atoms with Crippen LogP contribution in [0.1, 0.15) is 59.6 Å². The summed E-state index contributed by atoms with van der Waals surface area (Å²) in [6.07, 6.45) is 7.94. The summed E-state index contributed by atoms with van der Waals surface area (Å²) in [6.45, 7) is 1.88. The summed E-state index contributed by atoms with van der Waals surface area (Å²) in [5.41, 5.74) is 4.71. The molecule has 0 spiro atoms. The zero-order chi connectivity index (χ0) is 23.5. The summed E-state index contributed by atoms with van der Waals surface area (Å²) in [4.78, 5) is 31.2. The van der Waals surface area contributed by atoms with Gasteiger partial charge in [-0.2, -0.15) is 0 Å². The van der Waals surface area contributed by atoms with E-state index < -0.39 is 0 Å². The maximum absolute atomic E-state index is 13.2. The van der Waals surface area contributed by atoms with E-state index in [1.807, 2.05) is 24.3 Å². The quantitative estimate of drug-likeness (QED) is 0.407. The van der Waals surface area contributed by atoms with E-state index in [4.69, 9.17) is 0 Å². The first-order chi connectivity index (χ1) is 16.6. The standard InChI is InChI=1S/C27H28N4O3/c32-27(29-24-10-6-8-19-7-2-3-9-22(19)24)20-13-14-28-25(17-20)23-18-21(11-12-26(23)31(33)34)30-15-4-1-5-16-30/h2-3,7,9,11-14,17-18,24H,1,4-6,8,10,15-16H2,(H,29,32)/t24-/m0/s1. The smallest absolute Gasteiger partial charge is 0.278 e. The number of nitro benzene ring substituents is 1. The third-order valence-corrected chi connectivity index (χ3v) is 6.87. The Hall–Kier alpha value is -3.74. The van der Waals surface area contributed by atoms with E-state index in [-0.39, 0.29) is 22.6 Å². The Kier molecular flexibility index (Phi) is 6.25. The molecule has 34 heavy (non-hydrogen) atoms. The number of aromatic nitrogens is 1. The number of nitrogens with zero attached hydrogens (tertiary/aromatic N) is 3. The Morgan fingerprint density at radius 1 is 1.03 bits per heavy atom. The average molecular weight is 457 g/mol. The van der Waals surface area contributed by atoms with Gasteiger partial charge in [0.15, 0.2) is 0 Å². The fourth-order valence-electron chi connectivity index (χ4n) is 5.10. The second kappa shape index (κ2) is 9.63. The Labute approximate surface area is 199 Å². The lowest BCUT2D eigenvalue weighted by Gasteiger charge is -2.29. The lowest BCUT2D eigenvalue weighted by atomic mass is 9.87. The third-order valence-electron chi connectivity index (χ3n) is 6.87. The van der Waals surface area contributed by atoms with Gasteiger partial charge in [-0.3, -0.25) is 19.9 Å². The van der Waals surface area contributed by atoms with Gasteiger partial charge in [0.25, 0.3) is 11.6 Å². The molecule has 1 amide bonds. The van der Waals surface area contributed by atoms with Gasteiger partial charge in [-0.1, -0.05) is 24.3 Å². The van der Waals surface area contributed by atoms with Crippen LogP contribution in [-0.4, -0.2) is 28.9 Å². The Morgan fingerprint density at radius 3 is 2.68 bits per heavy atom. The SMILES string of the molecule is O=C(N[C@H]1CCCc2ccccc21)c1ccnc(-c2cc(N3CCCCC3)ccc2[N+](=O)[O-])c1. The van der Waals surface area contributed by atoms with E-state index in [1.54, 1.807) is 24.4 Å². The highest BCUT2D eigenvalue weighted by molar-refractivity contribution is 5.95. The van der Waals surface area contributed by atoms with E-state index in [0.717, 1.165) is 50.9 Å². The fraction of sp³-hybridized carbons (Fsp3) is 0.333. The molecule has 1 fully saturated rings. The number of hydrogen-bond donors (Lipinski definition) is 1. The lowest BCUT2D eigenvalue weighted by molar-refractivity contribution is -0.384. The molecule has 0 unspecified atom stereocenters. The molecule has 1 aromatic heterocycles. The van der Waals surface area contributed by atoms with Crippen LogP contribution in [0.15, 0.2) is 60.8 Å². The summed E-state index contributed by atoms with van der Waals surface area (Å²) in [7, 11) is 0. The molecule has 2 aromatic carbocycles. The minimum atomic E-state index is -0.386. The zero-order valence-electron chi connectivity index (χ0n) is 19.1. The molecule has 0 radical (unpaired) electrons. The summed E-state index contributed by atoms with van der Waals surface area (Å²) in [5.74, 6) is -0.194. The average Bonchev–Trinajstić information content (AvgIpc) is 2.89. The van der Waals surface area contributed by atoms with Crippen molar-refractivity contribution >= 4 is 17.3 Å². The predicted molar refractivity (Wildman–Crippen MR) is 132 cm³/mol. The highest BCUT2D eigenvalue weighted by atomic mass is 16.6. The van der Waals surface area contributed by atoms with Gasteiger partial charge in [-0.05, 0) is 73.9 Å². The summed E-state index contributed by atoms with van der Waals surface area (Å²) < 4.78 is 0. The number of anilines is 1. The Morgan fingerprint density at radius 2 is 1.85 bits per heavy atom. The van der Waals surface area contributed by atoms with Crippen molar-refractivity contribution in [2.24, 2.45) is 0 Å². The number of pyridine rings is 1. The molecule has 174 valence electrons. The molecule has 2 aliphatic rings. The first-order valence-electron chi connectivity index (χ1n) is 12.0. The molecule has 1 saturated heterocycles. The Bertz CT molecular complexity index is 1220. The first kappa shape index (κ1) is 22.1. The van der Waals surface area contributed by atoms with Crippen LogP contribution >= 0.6 is 0 Å². The van der Waals surface area contributed by atoms with Crippen molar-refractivity contribution in [1.29, 1.82) is 0 Å². The number of fused-ring (bicyclic) bond motifs is 1. The van der Waals surface area contributed by atoms with Crippen molar-refractivity contribution < 1.29 is 9.72 Å². The van der Waals surface area contributed by atoms with Crippen molar-refractivity contribution in [3.05, 3.63) is 87.6 Å². The number of nitro groups is 1. The Balaban J connectivity index is 1.44. The van der Waals surface area contributed by atoms with Crippen molar-refractivity contribution in [2.75, 3.05) is 18.0 Å². The van der Waals surface area contributed by atoms with Gasteiger partial charge in [0, 0.05) is 36.6 Å². The van der Waals surface area contributed by atoms with E-state index >= 15 is 0 Å². The van der Waals surface area contributed by atoms with E-state index in [2.05, 4.69) is 27.3 Å². The summed E-state index contributed by atoms with van der Waals surface area (Å²) in [5, 5.41) is 14.9. The molecule has 5 rings (SSSR count). The maximum atomic E-state index is 13.2. The van der Waals surface area contributed by atoms with Gasteiger partial charge in [0.05, 0.1) is 22.2 Å². The first-order valence-corrected chi connectivity index (χ1v) is 12.0. The second-order valence-corrected chi connectivity index (χ2v) is 9.05. The minimum Gasteiger partial charge on any atom is -0.372 e. The van der Waals surface area contributed by atoms with Crippen LogP contribution in [0.5, 0.6) is 0 Å². The number of piperidine rings is 1. The van der Waals surface area contributed by atoms with Crippen LogP contribution in [0.3, 0.4) is 0 Å². The summed E-state index contributed by atoms with van der Waals surface area (Å²) in [6, 6.07) is 16.7. The second-order valence-electron chi connectivity index (χ2n) is 9.05. The number of rotatable bonds is 5. The molecule has 1 atom stereocenters.